The first-order valence-corrected chi connectivity index (χ1v) is 2.64. The van der Waals surface area contributed by atoms with Crippen molar-refractivity contribution in [3.8, 4) is 0 Å². The molecule has 0 aromatic heterocycles. The highest BCUT2D eigenvalue weighted by Crippen LogP contribution is 2.03. The second-order valence-electron chi connectivity index (χ2n) is 1.10. The van der Waals surface area contributed by atoms with Crippen LogP contribution in [0.2, 0.25) is 0 Å². The fourth-order valence-electron chi connectivity index (χ4n) is 0.160. The maximum Gasteiger partial charge on any atom is 0.131 e. The second-order valence-corrected chi connectivity index (χ2v) is 2.11. The van der Waals surface area contributed by atoms with Crippen molar-refractivity contribution in [1.82, 2.24) is 0 Å². The lowest BCUT2D eigenvalue weighted by Crippen LogP contribution is -2.05. The maximum atomic E-state index is 8.24. The molecule has 44 valence electrons. The first kappa shape index (κ1) is 7.50. The summed E-state index contributed by atoms with van der Waals surface area (Å²) >= 11 is 9.97. The van der Waals surface area contributed by atoms with Crippen LogP contribution in [0.15, 0.2) is 0 Å². The van der Waals surface area contributed by atoms with Crippen LogP contribution in [0.5, 0.6) is 0 Å². The molecular formula is C3H6Cl2O2. The maximum absolute atomic E-state index is 8.24. The van der Waals surface area contributed by atoms with E-state index < -0.39 is 11.1 Å². The highest BCUT2D eigenvalue weighted by molar-refractivity contribution is 6.22. The minimum Gasteiger partial charge on any atom is -0.378 e. The third-order valence-electron chi connectivity index (χ3n) is 0.389. The summed E-state index contributed by atoms with van der Waals surface area (Å²) in [6, 6.07) is 0. The molecule has 0 saturated carbocycles. The smallest absolute Gasteiger partial charge is 0.131 e. The Morgan fingerprint density at radius 3 is 1.43 bits per heavy atom. The van der Waals surface area contributed by atoms with Crippen LogP contribution < -0.4 is 0 Å². The van der Waals surface area contributed by atoms with Gasteiger partial charge in [-0.3, -0.25) is 0 Å². The Bertz CT molecular complexity index is 40.2. The number of aliphatic hydroxyl groups excluding tert-OH is 2. The Kier molecular flexibility index (Phi) is 3.75. The van der Waals surface area contributed by atoms with Gasteiger partial charge < -0.3 is 10.2 Å². The van der Waals surface area contributed by atoms with Crippen LogP contribution in [0, 0.1) is 0 Å². The van der Waals surface area contributed by atoms with Crippen molar-refractivity contribution < 1.29 is 10.2 Å². The quantitative estimate of drug-likeness (QED) is 0.555. The molecular weight excluding hydrogens is 139 g/mol. The molecule has 0 aromatic rings. The number of hydrogen-bond donors (Lipinski definition) is 2. The lowest BCUT2D eigenvalue weighted by Gasteiger charge is -2.00. The predicted octanol–water partition coefficient (Wildman–Crippen LogP) is 0.491. The molecule has 0 bridgehead atoms. The van der Waals surface area contributed by atoms with Crippen molar-refractivity contribution in [1.29, 1.82) is 0 Å². The molecule has 0 aliphatic heterocycles. The van der Waals surface area contributed by atoms with Gasteiger partial charge in [0.2, 0.25) is 0 Å². The molecule has 0 aromatic carbocycles. The fraction of sp³-hybridized carbons (Fsp3) is 1.00. The van der Waals surface area contributed by atoms with Gasteiger partial charge in [0.05, 0.1) is 0 Å². The zero-order chi connectivity index (χ0) is 5.86. The lowest BCUT2D eigenvalue weighted by atomic mass is 10.5. The van der Waals surface area contributed by atoms with E-state index in [0.29, 0.717) is 0 Å². The van der Waals surface area contributed by atoms with E-state index in [-0.39, 0.29) is 6.42 Å². The van der Waals surface area contributed by atoms with Crippen molar-refractivity contribution in [2.75, 3.05) is 0 Å². The molecule has 0 aliphatic rings. The van der Waals surface area contributed by atoms with Gasteiger partial charge >= 0.3 is 0 Å². The van der Waals surface area contributed by atoms with Gasteiger partial charge in [0.15, 0.2) is 0 Å². The molecule has 0 radical (unpaired) electrons. The molecule has 2 atom stereocenters. The Balaban J connectivity index is 2.95. The van der Waals surface area contributed by atoms with Gasteiger partial charge in [-0.2, -0.15) is 0 Å². The fourth-order valence-corrected chi connectivity index (χ4v) is 0.589. The number of halogens is 2. The Morgan fingerprint density at radius 2 is 1.43 bits per heavy atom. The third kappa shape index (κ3) is 6.50. The molecule has 2 N–H and O–H groups in total. The zero-order valence-corrected chi connectivity index (χ0v) is 5.02. The minimum absolute atomic E-state index is 0.00309. The normalized spacial score (nSPS) is 18.9. The van der Waals surface area contributed by atoms with Gasteiger partial charge in [0.1, 0.15) is 11.1 Å². The van der Waals surface area contributed by atoms with Crippen LogP contribution in [-0.2, 0) is 0 Å². The summed E-state index contributed by atoms with van der Waals surface area (Å²) in [5.74, 6) is 0. The standard InChI is InChI=1S/C3H6Cl2O2/c4-2(6)1-3(5)7/h2-3,6-7H,1H2. The van der Waals surface area contributed by atoms with Gasteiger partial charge in [-0.1, -0.05) is 23.2 Å². The topological polar surface area (TPSA) is 40.5 Å². The SMILES string of the molecule is OC(Cl)CC(O)Cl. The number of rotatable bonds is 2. The Hall–Kier alpha value is 0.500. The van der Waals surface area contributed by atoms with Crippen LogP contribution in [0.25, 0.3) is 0 Å². The Labute approximate surface area is 51.7 Å². The summed E-state index contributed by atoms with van der Waals surface area (Å²) in [5, 5.41) is 16.5. The van der Waals surface area contributed by atoms with Gasteiger partial charge in [0, 0.05) is 6.42 Å². The molecule has 4 heteroatoms. The van der Waals surface area contributed by atoms with E-state index in [1.807, 2.05) is 0 Å². The number of hydrogen-bond acceptors (Lipinski definition) is 2. The van der Waals surface area contributed by atoms with Crippen molar-refractivity contribution >= 4 is 23.2 Å². The van der Waals surface area contributed by atoms with E-state index in [0.717, 1.165) is 0 Å². The monoisotopic (exact) mass is 144 g/mol. The van der Waals surface area contributed by atoms with Gasteiger partial charge in [-0.25, -0.2) is 0 Å². The molecule has 0 heterocycles. The summed E-state index contributed by atoms with van der Waals surface area (Å²) in [4.78, 5) is 0. The van der Waals surface area contributed by atoms with Crippen LogP contribution in [0.4, 0.5) is 0 Å². The van der Waals surface area contributed by atoms with Crippen molar-refractivity contribution in [2.24, 2.45) is 0 Å². The third-order valence-corrected chi connectivity index (χ3v) is 0.745. The predicted molar refractivity (Wildman–Crippen MR) is 28.3 cm³/mol. The van der Waals surface area contributed by atoms with Gasteiger partial charge in [0.25, 0.3) is 0 Å². The lowest BCUT2D eigenvalue weighted by molar-refractivity contribution is 0.171. The number of alkyl halides is 2. The van der Waals surface area contributed by atoms with E-state index in [1.165, 1.54) is 0 Å². The summed E-state index contributed by atoms with van der Waals surface area (Å²) < 4.78 is 0. The molecule has 0 spiro atoms. The summed E-state index contributed by atoms with van der Waals surface area (Å²) in [6.45, 7) is 0. The van der Waals surface area contributed by atoms with Crippen molar-refractivity contribution in [3.05, 3.63) is 0 Å². The largest absolute Gasteiger partial charge is 0.378 e. The van der Waals surface area contributed by atoms with E-state index >= 15 is 0 Å². The molecule has 2 unspecified atom stereocenters. The summed E-state index contributed by atoms with van der Waals surface area (Å²) in [7, 11) is 0. The average molecular weight is 145 g/mol. The molecule has 0 fully saturated rings. The van der Waals surface area contributed by atoms with Crippen LogP contribution in [0.3, 0.4) is 0 Å². The minimum atomic E-state index is -1.03. The van der Waals surface area contributed by atoms with Crippen LogP contribution in [-0.4, -0.2) is 21.3 Å². The second kappa shape index (κ2) is 3.50. The first-order chi connectivity index (χ1) is 3.13. The van der Waals surface area contributed by atoms with Crippen LogP contribution in [0.1, 0.15) is 6.42 Å². The molecule has 0 rings (SSSR count). The summed E-state index contributed by atoms with van der Waals surface area (Å²) in [5.41, 5.74) is -2.07. The highest BCUT2D eigenvalue weighted by Gasteiger charge is 2.03. The molecule has 0 amide bonds. The van der Waals surface area contributed by atoms with E-state index in [1.54, 1.807) is 0 Å². The molecule has 2 nitrogen and oxygen atoms in total. The van der Waals surface area contributed by atoms with E-state index in [2.05, 4.69) is 0 Å². The molecule has 7 heavy (non-hydrogen) atoms. The molecule has 0 saturated heterocycles. The van der Waals surface area contributed by atoms with Crippen molar-refractivity contribution in [3.63, 3.8) is 0 Å². The first-order valence-electron chi connectivity index (χ1n) is 1.77. The Morgan fingerprint density at radius 1 is 1.14 bits per heavy atom. The van der Waals surface area contributed by atoms with E-state index in [4.69, 9.17) is 33.4 Å². The van der Waals surface area contributed by atoms with Gasteiger partial charge in [-0.15, -0.1) is 0 Å². The van der Waals surface area contributed by atoms with Crippen molar-refractivity contribution in [2.45, 2.75) is 17.5 Å². The molecule has 0 aliphatic carbocycles. The zero-order valence-electron chi connectivity index (χ0n) is 3.51. The highest BCUT2D eigenvalue weighted by atomic mass is 35.5. The number of aliphatic hydroxyl groups is 2. The van der Waals surface area contributed by atoms with Gasteiger partial charge in [-0.05, 0) is 0 Å². The summed E-state index contributed by atoms with van der Waals surface area (Å²) in [6.07, 6.45) is 0.00309. The van der Waals surface area contributed by atoms with E-state index in [9.17, 15) is 0 Å². The average Bonchev–Trinajstić information content (AvgIpc) is 1.27. The van der Waals surface area contributed by atoms with Crippen LogP contribution >= 0.6 is 23.2 Å².